The molecule has 0 spiro atoms. The quantitative estimate of drug-likeness (QED) is 0.470. The van der Waals surface area contributed by atoms with Crippen molar-refractivity contribution in [2.75, 3.05) is 0 Å². The molecule has 0 aliphatic carbocycles. The van der Waals surface area contributed by atoms with E-state index in [1.54, 1.807) is 0 Å². The van der Waals surface area contributed by atoms with Crippen molar-refractivity contribution in [2.24, 2.45) is 0 Å². The fraction of sp³-hybridized carbons (Fsp3) is 0.500. The van der Waals surface area contributed by atoms with Gasteiger partial charge in [-0.25, -0.2) is 0 Å². The Morgan fingerprint density at radius 3 is 2.80 bits per heavy atom. The molecule has 0 aromatic carbocycles. The van der Waals surface area contributed by atoms with E-state index in [0.717, 1.165) is 0 Å². The van der Waals surface area contributed by atoms with Gasteiger partial charge in [0.15, 0.2) is 5.78 Å². The van der Waals surface area contributed by atoms with E-state index < -0.39 is 6.10 Å². The Balaban J connectivity index is 3.85. The standard InChI is InChI=1S/C8H12O2/c1-3-8(10)6-4-5-7(2)9/h5-6,8,10H,3H2,1-2H3. The average molecular weight is 140 g/mol. The van der Waals surface area contributed by atoms with Crippen LogP contribution in [0.1, 0.15) is 20.3 Å². The Labute approximate surface area is 60.9 Å². The number of carbonyl (C=O) groups excluding carboxylic acids is 1. The molecular formula is C8H12O2. The van der Waals surface area contributed by atoms with E-state index in [2.05, 4.69) is 5.73 Å². The molecule has 1 unspecified atom stereocenters. The van der Waals surface area contributed by atoms with Crippen LogP contribution in [0.5, 0.6) is 0 Å². The molecule has 0 saturated heterocycles. The van der Waals surface area contributed by atoms with Crippen LogP contribution < -0.4 is 0 Å². The Hall–Kier alpha value is -0.850. The molecule has 2 nitrogen and oxygen atoms in total. The molecule has 0 heterocycles. The largest absolute Gasteiger partial charge is 0.388 e. The van der Waals surface area contributed by atoms with Crippen LogP contribution in [0, 0.1) is 0 Å². The Bertz CT molecular complexity index is 164. The third kappa shape index (κ3) is 5.29. The number of hydrogen-bond acceptors (Lipinski definition) is 2. The van der Waals surface area contributed by atoms with E-state index >= 15 is 0 Å². The monoisotopic (exact) mass is 140 g/mol. The van der Waals surface area contributed by atoms with Crippen LogP contribution in [-0.4, -0.2) is 17.0 Å². The maximum Gasteiger partial charge on any atom is 0.160 e. The Morgan fingerprint density at radius 2 is 2.40 bits per heavy atom. The molecule has 1 atom stereocenters. The molecule has 0 saturated carbocycles. The summed E-state index contributed by atoms with van der Waals surface area (Å²) in [5.74, 6) is -0.0560. The van der Waals surface area contributed by atoms with Gasteiger partial charge >= 0.3 is 0 Å². The molecule has 0 aromatic heterocycles. The lowest BCUT2D eigenvalue weighted by molar-refractivity contribution is -0.112. The first-order valence-corrected chi connectivity index (χ1v) is 3.28. The predicted molar refractivity (Wildman–Crippen MR) is 39.6 cm³/mol. The van der Waals surface area contributed by atoms with E-state index in [0.29, 0.717) is 6.42 Å². The molecule has 0 bridgehead atoms. The van der Waals surface area contributed by atoms with Crippen molar-refractivity contribution < 1.29 is 9.90 Å². The second-order valence-corrected chi connectivity index (χ2v) is 2.06. The first-order chi connectivity index (χ1) is 4.66. The van der Waals surface area contributed by atoms with Crippen molar-refractivity contribution in [3.05, 3.63) is 17.9 Å². The van der Waals surface area contributed by atoms with Crippen molar-refractivity contribution in [1.29, 1.82) is 0 Å². The van der Waals surface area contributed by atoms with Crippen molar-refractivity contribution in [3.63, 3.8) is 0 Å². The van der Waals surface area contributed by atoms with Gasteiger partial charge < -0.3 is 5.11 Å². The SMILES string of the molecule is CCC(O)C=C=CC(C)=O. The molecule has 2 heteroatoms. The molecule has 0 aliphatic heterocycles. The second-order valence-electron chi connectivity index (χ2n) is 2.06. The Morgan fingerprint density at radius 1 is 1.80 bits per heavy atom. The van der Waals surface area contributed by atoms with Crippen molar-refractivity contribution in [2.45, 2.75) is 26.4 Å². The molecule has 0 rings (SSSR count). The summed E-state index contributed by atoms with van der Waals surface area (Å²) in [4.78, 5) is 10.3. The highest BCUT2D eigenvalue weighted by molar-refractivity contribution is 5.86. The minimum Gasteiger partial charge on any atom is -0.388 e. The highest BCUT2D eigenvalue weighted by Gasteiger charge is 1.89. The van der Waals surface area contributed by atoms with Crippen molar-refractivity contribution in [3.8, 4) is 0 Å². The van der Waals surface area contributed by atoms with E-state index in [1.165, 1.54) is 19.1 Å². The fourth-order valence-electron chi connectivity index (χ4n) is 0.394. The maximum atomic E-state index is 10.3. The molecule has 56 valence electrons. The summed E-state index contributed by atoms with van der Waals surface area (Å²) in [7, 11) is 0. The Kier molecular flexibility index (Phi) is 4.55. The van der Waals surface area contributed by atoms with E-state index in [1.807, 2.05) is 6.92 Å². The van der Waals surface area contributed by atoms with Crippen molar-refractivity contribution >= 4 is 5.78 Å². The molecule has 0 fully saturated rings. The lowest BCUT2D eigenvalue weighted by Gasteiger charge is -1.93. The van der Waals surface area contributed by atoms with Crippen LogP contribution in [0.25, 0.3) is 0 Å². The topological polar surface area (TPSA) is 37.3 Å². The smallest absolute Gasteiger partial charge is 0.160 e. The highest BCUT2D eigenvalue weighted by atomic mass is 16.3. The highest BCUT2D eigenvalue weighted by Crippen LogP contribution is 1.88. The number of aliphatic hydroxyl groups excluding tert-OH is 1. The van der Waals surface area contributed by atoms with Gasteiger partial charge in [0.1, 0.15) is 0 Å². The van der Waals surface area contributed by atoms with Gasteiger partial charge in [0.2, 0.25) is 0 Å². The molecule has 0 aliphatic rings. The number of carbonyl (C=O) groups is 1. The maximum absolute atomic E-state index is 10.3. The number of ketones is 1. The normalized spacial score (nSPS) is 11.5. The summed E-state index contributed by atoms with van der Waals surface area (Å²) in [5.41, 5.74) is 2.59. The average Bonchev–Trinajstić information content (AvgIpc) is 1.87. The van der Waals surface area contributed by atoms with Crippen LogP contribution >= 0.6 is 0 Å². The van der Waals surface area contributed by atoms with Gasteiger partial charge in [-0.2, -0.15) is 0 Å². The van der Waals surface area contributed by atoms with Crippen LogP contribution in [0.3, 0.4) is 0 Å². The molecule has 0 aromatic rings. The van der Waals surface area contributed by atoms with E-state index in [-0.39, 0.29) is 5.78 Å². The number of hydrogen-bond donors (Lipinski definition) is 1. The molecule has 10 heavy (non-hydrogen) atoms. The van der Waals surface area contributed by atoms with Gasteiger partial charge in [0.25, 0.3) is 0 Å². The second kappa shape index (κ2) is 4.98. The van der Waals surface area contributed by atoms with Gasteiger partial charge in [-0.15, -0.1) is 5.73 Å². The van der Waals surface area contributed by atoms with Crippen LogP contribution in [-0.2, 0) is 4.79 Å². The minimum absolute atomic E-state index is 0.0560. The van der Waals surface area contributed by atoms with Gasteiger partial charge in [0.05, 0.1) is 6.10 Å². The summed E-state index contributed by atoms with van der Waals surface area (Å²) in [6.07, 6.45) is 2.95. The van der Waals surface area contributed by atoms with Gasteiger partial charge in [-0.3, -0.25) is 4.79 Å². The van der Waals surface area contributed by atoms with Gasteiger partial charge in [-0.1, -0.05) is 6.92 Å². The van der Waals surface area contributed by atoms with Gasteiger partial charge in [-0.05, 0) is 19.4 Å². The first-order valence-electron chi connectivity index (χ1n) is 3.28. The third-order valence-corrected chi connectivity index (χ3v) is 0.993. The van der Waals surface area contributed by atoms with Gasteiger partial charge in [0, 0.05) is 6.08 Å². The summed E-state index contributed by atoms with van der Waals surface area (Å²) in [6.45, 7) is 3.30. The van der Waals surface area contributed by atoms with Crippen LogP contribution in [0.15, 0.2) is 17.9 Å². The minimum atomic E-state index is -0.476. The lowest BCUT2D eigenvalue weighted by Crippen LogP contribution is -1.96. The van der Waals surface area contributed by atoms with E-state index in [4.69, 9.17) is 5.11 Å². The summed E-state index contributed by atoms with van der Waals surface area (Å²) >= 11 is 0. The molecule has 0 radical (unpaired) electrons. The summed E-state index contributed by atoms with van der Waals surface area (Å²) < 4.78 is 0. The zero-order chi connectivity index (χ0) is 7.98. The molecular weight excluding hydrogens is 128 g/mol. The third-order valence-electron chi connectivity index (χ3n) is 0.993. The summed E-state index contributed by atoms with van der Waals surface area (Å²) in [6, 6.07) is 0. The van der Waals surface area contributed by atoms with Crippen LogP contribution in [0.2, 0.25) is 0 Å². The summed E-state index contributed by atoms with van der Waals surface area (Å²) in [5, 5.41) is 8.92. The molecule has 0 amide bonds. The van der Waals surface area contributed by atoms with Crippen molar-refractivity contribution in [1.82, 2.24) is 0 Å². The fourth-order valence-corrected chi connectivity index (χ4v) is 0.394. The van der Waals surface area contributed by atoms with E-state index in [9.17, 15) is 4.79 Å². The number of aliphatic hydroxyl groups is 1. The zero-order valence-electron chi connectivity index (χ0n) is 6.29. The lowest BCUT2D eigenvalue weighted by atomic mass is 10.3. The predicted octanol–water partition coefficient (Wildman–Crippen LogP) is 1.06. The van der Waals surface area contributed by atoms with Crippen LogP contribution in [0.4, 0.5) is 0 Å². The zero-order valence-corrected chi connectivity index (χ0v) is 6.29. The number of rotatable bonds is 3. The first kappa shape index (κ1) is 9.15. The molecule has 1 N–H and O–H groups in total.